The summed E-state index contributed by atoms with van der Waals surface area (Å²) < 4.78 is 20.8. The largest absolute Gasteiger partial charge is 0.493 e. The molecule has 7 nitrogen and oxygen atoms in total. The first-order valence-electron chi connectivity index (χ1n) is 7.79. The highest BCUT2D eigenvalue weighted by atomic mass is 32.1. The number of ether oxygens (including phenoxy) is 4. The highest BCUT2D eigenvalue weighted by Gasteiger charge is 2.14. The lowest BCUT2D eigenvalue weighted by Gasteiger charge is -2.14. The zero-order chi connectivity index (χ0) is 18.9. The van der Waals surface area contributed by atoms with Crippen LogP contribution in [0.1, 0.15) is 11.1 Å². The van der Waals surface area contributed by atoms with Crippen LogP contribution in [-0.2, 0) is 27.3 Å². The van der Waals surface area contributed by atoms with Crippen LogP contribution >= 0.6 is 11.3 Å². The van der Waals surface area contributed by atoms with Crippen LogP contribution in [0, 0.1) is 0 Å². The monoisotopic (exact) mass is 379 g/mol. The molecule has 0 saturated heterocycles. The lowest BCUT2D eigenvalue weighted by Crippen LogP contribution is -2.28. The Labute approximate surface area is 155 Å². The van der Waals surface area contributed by atoms with E-state index >= 15 is 0 Å². The molecule has 0 bridgehead atoms. The van der Waals surface area contributed by atoms with Crippen molar-refractivity contribution in [3.05, 3.63) is 40.1 Å². The number of methoxy groups -OCH3 is 3. The number of amides is 1. The van der Waals surface area contributed by atoms with Gasteiger partial charge in [-0.25, -0.2) is 0 Å². The Morgan fingerprint density at radius 1 is 1.04 bits per heavy atom. The number of rotatable bonds is 9. The Bertz CT molecular complexity index is 719. The second-order valence-electron chi connectivity index (χ2n) is 5.28. The van der Waals surface area contributed by atoms with Crippen molar-refractivity contribution in [2.24, 2.45) is 0 Å². The van der Waals surface area contributed by atoms with Gasteiger partial charge in [0, 0.05) is 6.54 Å². The van der Waals surface area contributed by atoms with Crippen LogP contribution in [0.15, 0.2) is 29.0 Å². The molecule has 1 aromatic carbocycles. The molecule has 1 heterocycles. The average Bonchev–Trinajstić information content (AvgIpc) is 3.16. The molecule has 140 valence electrons. The second-order valence-corrected chi connectivity index (χ2v) is 6.06. The van der Waals surface area contributed by atoms with Crippen LogP contribution in [0.25, 0.3) is 0 Å². The molecule has 8 heteroatoms. The Kier molecular flexibility index (Phi) is 7.28. The SMILES string of the molecule is COc1cc(CNC(=O)COC(=O)Cc2ccsc2)cc(OC)c1OC. The van der Waals surface area contributed by atoms with Crippen LogP contribution in [0.2, 0.25) is 0 Å². The van der Waals surface area contributed by atoms with Gasteiger partial charge < -0.3 is 24.3 Å². The molecule has 1 N–H and O–H groups in total. The number of esters is 1. The third-order valence-corrected chi connectivity index (χ3v) is 4.24. The topological polar surface area (TPSA) is 83.1 Å². The number of nitrogens with one attached hydrogen (secondary N) is 1. The highest BCUT2D eigenvalue weighted by molar-refractivity contribution is 7.07. The first-order chi connectivity index (χ1) is 12.6. The summed E-state index contributed by atoms with van der Waals surface area (Å²) in [5.74, 6) is 0.646. The van der Waals surface area contributed by atoms with Gasteiger partial charge in [-0.15, -0.1) is 0 Å². The average molecular weight is 379 g/mol. The molecular weight excluding hydrogens is 358 g/mol. The van der Waals surface area contributed by atoms with Crippen molar-refractivity contribution in [2.75, 3.05) is 27.9 Å². The quantitative estimate of drug-likeness (QED) is 0.673. The fraction of sp³-hybridized carbons (Fsp3) is 0.333. The van der Waals surface area contributed by atoms with Crippen molar-refractivity contribution in [1.29, 1.82) is 0 Å². The maximum atomic E-state index is 11.9. The molecule has 0 spiro atoms. The van der Waals surface area contributed by atoms with E-state index in [1.54, 1.807) is 12.1 Å². The summed E-state index contributed by atoms with van der Waals surface area (Å²) in [6.07, 6.45) is 0.156. The molecule has 26 heavy (non-hydrogen) atoms. The molecule has 2 rings (SSSR count). The van der Waals surface area contributed by atoms with Gasteiger partial charge in [0.2, 0.25) is 5.75 Å². The van der Waals surface area contributed by atoms with E-state index in [0.29, 0.717) is 17.2 Å². The molecule has 0 fully saturated rings. The summed E-state index contributed by atoms with van der Waals surface area (Å²) in [6.45, 7) is -0.0922. The molecule has 0 aliphatic heterocycles. The minimum atomic E-state index is -0.439. The van der Waals surface area contributed by atoms with Crippen molar-refractivity contribution in [3.8, 4) is 17.2 Å². The summed E-state index contributed by atoms with van der Waals surface area (Å²) in [5, 5.41) is 6.44. The molecule has 0 aliphatic carbocycles. The summed E-state index contributed by atoms with van der Waals surface area (Å²) >= 11 is 1.50. The van der Waals surface area contributed by atoms with Gasteiger partial charge in [0.1, 0.15) is 0 Å². The van der Waals surface area contributed by atoms with Crippen LogP contribution in [0.4, 0.5) is 0 Å². The molecule has 0 aliphatic rings. The summed E-state index contributed by atoms with van der Waals surface area (Å²) in [7, 11) is 4.56. The number of thiophene rings is 1. The van der Waals surface area contributed by atoms with E-state index in [9.17, 15) is 9.59 Å². The maximum Gasteiger partial charge on any atom is 0.310 e. The molecule has 1 amide bonds. The molecular formula is C18H21NO6S. The first kappa shape index (κ1) is 19.6. The van der Waals surface area contributed by atoms with Gasteiger partial charge in [-0.05, 0) is 40.1 Å². The Morgan fingerprint density at radius 3 is 2.27 bits per heavy atom. The normalized spacial score (nSPS) is 10.1. The van der Waals surface area contributed by atoms with Crippen molar-refractivity contribution in [3.63, 3.8) is 0 Å². The zero-order valence-electron chi connectivity index (χ0n) is 14.9. The van der Waals surface area contributed by atoms with E-state index in [0.717, 1.165) is 11.1 Å². The number of benzene rings is 1. The highest BCUT2D eigenvalue weighted by Crippen LogP contribution is 2.38. The Hall–Kier alpha value is -2.74. The number of hydrogen-bond donors (Lipinski definition) is 1. The third kappa shape index (κ3) is 5.38. The van der Waals surface area contributed by atoms with E-state index in [-0.39, 0.29) is 19.6 Å². The van der Waals surface area contributed by atoms with Gasteiger partial charge in [0.15, 0.2) is 18.1 Å². The lowest BCUT2D eigenvalue weighted by molar-refractivity contribution is -0.147. The molecule has 0 saturated carbocycles. The fourth-order valence-corrected chi connectivity index (χ4v) is 2.91. The summed E-state index contributed by atoms with van der Waals surface area (Å²) in [4.78, 5) is 23.6. The second kappa shape index (κ2) is 9.67. The van der Waals surface area contributed by atoms with Crippen molar-refractivity contribution < 1.29 is 28.5 Å². The van der Waals surface area contributed by atoms with Crippen LogP contribution < -0.4 is 19.5 Å². The standard InChI is InChI=1S/C18H21NO6S/c1-22-14-6-13(7-15(23-2)18(14)24-3)9-19-16(20)10-25-17(21)8-12-4-5-26-11-12/h4-7,11H,8-10H2,1-3H3,(H,19,20). The molecule has 2 aromatic rings. The van der Waals surface area contributed by atoms with Crippen LogP contribution in [0.5, 0.6) is 17.2 Å². The number of carbonyl (C=O) groups excluding carboxylic acids is 2. The summed E-state index contributed by atoms with van der Waals surface area (Å²) in [6, 6.07) is 5.32. The zero-order valence-corrected chi connectivity index (χ0v) is 15.7. The minimum absolute atomic E-state index is 0.156. The van der Waals surface area contributed by atoms with Crippen LogP contribution in [-0.4, -0.2) is 39.8 Å². The fourth-order valence-electron chi connectivity index (χ4n) is 2.25. The van der Waals surface area contributed by atoms with Gasteiger partial charge in [-0.3, -0.25) is 9.59 Å². The number of hydrogen-bond acceptors (Lipinski definition) is 7. The van der Waals surface area contributed by atoms with Crippen molar-refractivity contribution in [1.82, 2.24) is 5.32 Å². The maximum absolute atomic E-state index is 11.9. The smallest absolute Gasteiger partial charge is 0.310 e. The van der Waals surface area contributed by atoms with Crippen molar-refractivity contribution >= 4 is 23.2 Å². The molecule has 0 radical (unpaired) electrons. The van der Waals surface area contributed by atoms with E-state index in [1.165, 1.54) is 32.7 Å². The van der Waals surface area contributed by atoms with Gasteiger partial charge in [-0.2, -0.15) is 11.3 Å². The molecule has 1 aromatic heterocycles. The van der Waals surface area contributed by atoms with E-state index in [4.69, 9.17) is 18.9 Å². The van der Waals surface area contributed by atoms with Crippen LogP contribution in [0.3, 0.4) is 0 Å². The van der Waals surface area contributed by atoms with Gasteiger partial charge in [0.05, 0.1) is 27.8 Å². The lowest BCUT2D eigenvalue weighted by atomic mass is 10.1. The predicted molar refractivity (Wildman–Crippen MR) is 96.9 cm³/mol. The molecule has 0 atom stereocenters. The van der Waals surface area contributed by atoms with Gasteiger partial charge in [0.25, 0.3) is 5.91 Å². The van der Waals surface area contributed by atoms with Gasteiger partial charge in [-0.1, -0.05) is 0 Å². The Balaban J connectivity index is 1.85. The van der Waals surface area contributed by atoms with E-state index in [2.05, 4.69) is 5.32 Å². The van der Waals surface area contributed by atoms with Gasteiger partial charge >= 0.3 is 5.97 Å². The third-order valence-electron chi connectivity index (χ3n) is 3.51. The molecule has 0 unspecified atom stereocenters. The predicted octanol–water partition coefficient (Wildman–Crippen LogP) is 2.18. The van der Waals surface area contributed by atoms with Crippen molar-refractivity contribution in [2.45, 2.75) is 13.0 Å². The Morgan fingerprint density at radius 2 is 1.73 bits per heavy atom. The van der Waals surface area contributed by atoms with E-state index < -0.39 is 11.9 Å². The minimum Gasteiger partial charge on any atom is -0.493 e. The number of carbonyl (C=O) groups is 2. The first-order valence-corrected chi connectivity index (χ1v) is 8.74. The summed E-state index contributed by atoms with van der Waals surface area (Å²) in [5.41, 5.74) is 1.63. The van der Waals surface area contributed by atoms with E-state index in [1.807, 2.05) is 16.8 Å².